The largest absolute Gasteiger partial charge is 0.573 e. The van der Waals surface area contributed by atoms with Crippen LogP contribution in [0, 0.1) is 5.82 Å². The molecule has 104 valence electrons. The Balaban J connectivity index is 2.62. The van der Waals surface area contributed by atoms with E-state index >= 15 is 0 Å². The number of hydrogen-bond acceptors (Lipinski definition) is 2. The van der Waals surface area contributed by atoms with Gasteiger partial charge in [0.1, 0.15) is 5.52 Å². The molecule has 1 heterocycles. The summed E-state index contributed by atoms with van der Waals surface area (Å²) in [6.07, 6.45) is -10.1. The lowest BCUT2D eigenvalue weighted by atomic mass is 10.3. The summed E-state index contributed by atoms with van der Waals surface area (Å²) in [5, 5.41) is 0. The number of ether oxygens (including phenoxy) is 1. The van der Waals surface area contributed by atoms with Crippen molar-refractivity contribution < 1.29 is 35.5 Å². The van der Waals surface area contributed by atoms with Crippen LogP contribution in [0.4, 0.5) is 30.7 Å². The molecule has 0 saturated carbocycles. The van der Waals surface area contributed by atoms with Crippen molar-refractivity contribution >= 4 is 11.0 Å². The lowest BCUT2D eigenvalue weighted by molar-refractivity contribution is -0.275. The quantitative estimate of drug-likeness (QED) is 0.814. The van der Waals surface area contributed by atoms with E-state index in [0.29, 0.717) is 6.07 Å². The van der Waals surface area contributed by atoms with Gasteiger partial charge in [-0.25, -0.2) is 9.37 Å². The van der Waals surface area contributed by atoms with E-state index in [1.807, 2.05) is 0 Å². The highest BCUT2D eigenvalue weighted by Crippen LogP contribution is 2.35. The topological polar surface area (TPSA) is 37.9 Å². The van der Waals surface area contributed by atoms with Crippen LogP contribution >= 0.6 is 0 Å². The number of H-pyrrole nitrogens is 1. The second-order valence-electron chi connectivity index (χ2n) is 3.40. The predicted octanol–water partition coefficient (Wildman–Crippen LogP) is 3.62. The molecule has 2 rings (SSSR count). The highest BCUT2D eigenvalue weighted by atomic mass is 19.4. The molecule has 10 heteroatoms. The van der Waals surface area contributed by atoms with Crippen LogP contribution < -0.4 is 4.74 Å². The molecule has 0 radical (unpaired) electrons. The van der Waals surface area contributed by atoms with Gasteiger partial charge in [-0.15, -0.1) is 13.2 Å². The zero-order valence-corrected chi connectivity index (χ0v) is 8.66. The molecule has 0 amide bonds. The van der Waals surface area contributed by atoms with E-state index in [1.165, 1.54) is 0 Å². The van der Waals surface area contributed by atoms with Crippen molar-refractivity contribution in [2.24, 2.45) is 0 Å². The zero-order valence-electron chi connectivity index (χ0n) is 8.66. The van der Waals surface area contributed by atoms with Crippen molar-refractivity contribution in [1.29, 1.82) is 0 Å². The minimum absolute atomic E-state index is 0.423. The Bertz CT molecular complexity index is 613. The van der Waals surface area contributed by atoms with Gasteiger partial charge in [0.2, 0.25) is 5.82 Å². The standard InChI is InChI=1S/C9H3F7N2O/c10-3-1-2-4-5(6(3)19-9(14,15)16)18-7(17-4)8(11,12)13/h1-2H,(H,17,18). The van der Waals surface area contributed by atoms with Crippen molar-refractivity contribution in [3.8, 4) is 5.75 Å². The van der Waals surface area contributed by atoms with E-state index in [4.69, 9.17) is 0 Å². The number of nitrogens with one attached hydrogen (secondary N) is 1. The molecule has 0 spiro atoms. The molecule has 1 aromatic carbocycles. The Labute approximate surface area is 99.5 Å². The second-order valence-corrected chi connectivity index (χ2v) is 3.40. The van der Waals surface area contributed by atoms with Gasteiger partial charge < -0.3 is 9.72 Å². The van der Waals surface area contributed by atoms with Crippen molar-refractivity contribution in [3.63, 3.8) is 0 Å². The lowest BCUT2D eigenvalue weighted by Gasteiger charge is -2.09. The number of hydrogen-bond donors (Lipinski definition) is 1. The first-order chi connectivity index (χ1) is 8.58. The summed E-state index contributed by atoms with van der Waals surface area (Å²) in [6, 6.07) is 1.37. The fraction of sp³-hybridized carbons (Fsp3) is 0.222. The third-order valence-electron chi connectivity index (χ3n) is 2.05. The smallest absolute Gasteiger partial charge is 0.400 e. The molecular formula is C9H3F7N2O. The van der Waals surface area contributed by atoms with Gasteiger partial charge in [0.25, 0.3) is 0 Å². The molecule has 0 aliphatic rings. The Morgan fingerprint density at radius 1 is 1.05 bits per heavy atom. The number of nitrogens with zero attached hydrogens (tertiary/aromatic N) is 1. The number of imidazole rings is 1. The number of rotatable bonds is 1. The van der Waals surface area contributed by atoms with Crippen molar-refractivity contribution in [2.75, 3.05) is 0 Å². The van der Waals surface area contributed by atoms with E-state index in [-0.39, 0.29) is 0 Å². The van der Waals surface area contributed by atoms with Gasteiger partial charge in [-0.2, -0.15) is 13.2 Å². The second kappa shape index (κ2) is 4.00. The third-order valence-corrected chi connectivity index (χ3v) is 2.05. The summed E-state index contributed by atoms with van der Waals surface area (Å²) in [5.74, 6) is -4.41. The highest BCUT2D eigenvalue weighted by molar-refractivity contribution is 5.82. The summed E-state index contributed by atoms with van der Waals surface area (Å²) in [6.45, 7) is 0. The van der Waals surface area contributed by atoms with E-state index in [0.717, 1.165) is 6.07 Å². The molecule has 0 unspecified atom stereocenters. The number of alkyl halides is 6. The lowest BCUT2D eigenvalue weighted by Crippen LogP contribution is -2.18. The van der Waals surface area contributed by atoms with Crippen LogP contribution in [0.3, 0.4) is 0 Å². The fourth-order valence-corrected chi connectivity index (χ4v) is 1.37. The average molecular weight is 288 g/mol. The van der Waals surface area contributed by atoms with Crippen LogP contribution in [0.25, 0.3) is 11.0 Å². The maximum Gasteiger partial charge on any atom is 0.573 e. The van der Waals surface area contributed by atoms with Crippen LogP contribution in [0.2, 0.25) is 0 Å². The van der Waals surface area contributed by atoms with Crippen LogP contribution in [0.5, 0.6) is 5.75 Å². The Morgan fingerprint density at radius 2 is 1.68 bits per heavy atom. The number of aromatic amines is 1. The van der Waals surface area contributed by atoms with Gasteiger partial charge in [-0.1, -0.05) is 0 Å². The van der Waals surface area contributed by atoms with Gasteiger partial charge in [0.05, 0.1) is 5.52 Å². The SMILES string of the molecule is Fc1ccc2[nH]c(C(F)(F)F)nc2c1OC(F)(F)F. The van der Waals surface area contributed by atoms with E-state index < -0.39 is 41.0 Å². The first-order valence-electron chi connectivity index (χ1n) is 4.59. The maximum absolute atomic E-state index is 13.2. The molecule has 0 fully saturated rings. The molecule has 3 nitrogen and oxygen atoms in total. The molecule has 1 aromatic heterocycles. The molecule has 0 saturated heterocycles. The van der Waals surface area contributed by atoms with E-state index in [2.05, 4.69) is 9.72 Å². The molecule has 0 aliphatic carbocycles. The van der Waals surface area contributed by atoms with E-state index in [9.17, 15) is 30.7 Å². The fourth-order valence-electron chi connectivity index (χ4n) is 1.37. The van der Waals surface area contributed by atoms with Crippen molar-refractivity contribution in [1.82, 2.24) is 9.97 Å². The van der Waals surface area contributed by atoms with Crippen LogP contribution in [-0.4, -0.2) is 16.3 Å². The Hall–Kier alpha value is -2.00. The molecule has 2 aromatic rings. The summed E-state index contributed by atoms with van der Waals surface area (Å²) >= 11 is 0. The number of benzene rings is 1. The van der Waals surface area contributed by atoms with Gasteiger partial charge in [0.15, 0.2) is 11.6 Å². The Morgan fingerprint density at radius 3 is 2.21 bits per heavy atom. The number of halogens is 7. The summed E-state index contributed by atoms with van der Waals surface area (Å²) in [7, 11) is 0. The predicted molar refractivity (Wildman–Crippen MR) is 47.7 cm³/mol. The van der Waals surface area contributed by atoms with Crippen molar-refractivity contribution in [3.05, 3.63) is 23.8 Å². The average Bonchev–Trinajstić information content (AvgIpc) is 2.64. The highest BCUT2D eigenvalue weighted by Gasteiger charge is 2.37. The summed E-state index contributed by atoms with van der Waals surface area (Å²) < 4.78 is 89.7. The molecular weight excluding hydrogens is 285 g/mol. The first-order valence-corrected chi connectivity index (χ1v) is 4.59. The normalized spacial score (nSPS) is 13.0. The summed E-state index contributed by atoms with van der Waals surface area (Å²) in [5.41, 5.74) is -1.31. The van der Waals surface area contributed by atoms with Gasteiger partial charge in [-0.05, 0) is 12.1 Å². The van der Waals surface area contributed by atoms with Crippen LogP contribution in [-0.2, 0) is 6.18 Å². The molecule has 0 atom stereocenters. The third kappa shape index (κ3) is 2.71. The minimum Gasteiger partial charge on any atom is -0.400 e. The molecule has 19 heavy (non-hydrogen) atoms. The molecule has 1 N–H and O–H groups in total. The van der Waals surface area contributed by atoms with E-state index in [1.54, 1.807) is 4.98 Å². The minimum atomic E-state index is -5.24. The number of aromatic nitrogens is 2. The number of fused-ring (bicyclic) bond motifs is 1. The van der Waals surface area contributed by atoms with Gasteiger partial charge in [-0.3, -0.25) is 0 Å². The van der Waals surface area contributed by atoms with Gasteiger partial charge in [0, 0.05) is 0 Å². The first kappa shape index (κ1) is 13.4. The summed E-state index contributed by atoms with van der Waals surface area (Å²) in [4.78, 5) is 4.62. The monoisotopic (exact) mass is 288 g/mol. The Kier molecular flexibility index (Phi) is 2.83. The van der Waals surface area contributed by atoms with Crippen LogP contribution in [0.15, 0.2) is 12.1 Å². The molecule has 0 bridgehead atoms. The zero-order chi connectivity index (χ0) is 14.4. The van der Waals surface area contributed by atoms with Crippen molar-refractivity contribution in [2.45, 2.75) is 12.5 Å². The van der Waals surface area contributed by atoms with Crippen LogP contribution in [0.1, 0.15) is 5.82 Å². The molecule has 0 aliphatic heterocycles. The maximum atomic E-state index is 13.2. The van der Waals surface area contributed by atoms with Gasteiger partial charge >= 0.3 is 12.5 Å².